The summed E-state index contributed by atoms with van der Waals surface area (Å²) < 4.78 is 5.26. The van der Waals surface area contributed by atoms with E-state index in [2.05, 4.69) is 11.4 Å². The van der Waals surface area contributed by atoms with Gasteiger partial charge in [-0.25, -0.2) is 0 Å². The Morgan fingerprint density at radius 3 is 3.20 bits per heavy atom. The molecule has 3 nitrogen and oxygen atoms in total. The van der Waals surface area contributed by atoms with E-state index in [0.29, 0.717) is 6.54 Å². The van der Waals surface area contributed by atoms with E-state index in [1.54, 1.807) is 0 Å². The molecule has 0 amide bonds. The number of hydrogen-bond acceptors (Lipinski definition) is 3. The summed E-state index contributed by atoms with van der Waals surface area (Å²) in [6.07, 6.45) is 3.17. The van der Waals surface area contributed by atoms with Crippen molar-refractivity contribution in [2.24, 2.45) is 5.73 Å². The second-order valence-electron chi connectivity index (χ2n) is 2.27. The molecule has 0 aliphatic carbocycles. The Morgan fingerprint density at radius 2 is 2.60 bits per heavy atom. The Kier molecular flexibility index (Phi) is 3.26. The normalized spacial score (nSPS) is 16.7. The van der Waals surface area contributed by atoms with Crippen LogP contribution < -0.4 is 11.1 Å². The predicted octanol–water partition coefficient (Wildman–Crippen LogP) is -0.161. The molecule has 0 aromatic carbocycles. The first-order chi connectivity index (χ1) is 4.93. The van der Waals surface area contributed by atoms with Gasteiger partial charge in [0.05, 0.1) is 13.2 Å². The van der Waals surface area contributed by atoms with Crippen LogP contribution in [0.15, 0.2) is 11.8 Å². The highest BCUT2D eigenvalue weighted by Gasteiger charge is 2.02. The molecule has 0 saturated carbocycles. The summed E-state index contributed by atoms with van der Waals surface area (Å²) in [5.74, 6) is 1.06. The van der Waals surface area contributed by atoms with Gasteiger partial charge in [-0.15, -0.1) is 0 Å². The average molecular weight is 142 g/mol. The molecule has 3 heteroatoms. The van der Waals surface area contributed by atoms with Crippen molar-refractivity contribution in [3.8, 4) is 0 Å². The van der Waals surface area contributed by atoms with Crippen molar-refractivity contribution < 1.29 is 4.74 Å². The van der Waals surface area contributed by atoms with E-state index >= 15 is 0 Å². The Balaban J connectivity index is 2.01. The van der Waals surface area contributed by atoms with E-state index < -0.39 is 0 Å². The van der Waals surface area contributed by atoms with Crippen LogP contribution in [0.4, 0.5) is 0 Å². The lowest BCUT2D eigenvalue weighted by molar-refractivity contribution is 0.237. The Hall–Kier alpha value is -0.540. The number of hydrogen-bond donors (Lipinski definition) is 2. The quantitative estimate of drug-likeness (QED) is 0.536. The fraction of sp³-hybridized carbons (Fsp3) is 0.714. The third-order valence-corrected chi connectivity index (χ3v) is 1.40. The summed E-state index contributed by atoms with van der Waals surface area (Å²) in [6.45, 7) is 3.23. The van der Waals surface area contributed by atoms with E-state index in [4.69, 9.17) is 10.5 Å². The van der Waals surface area contributed by atoms with Crippen LogP contribution in [0.2, 0.25) is 0 Å². The lowest BCUT2D eigenvalue weighted by Gasteiger charge is -2.03. The van der Waals surface area contributed by atoms with Crippen LogP contribution >= 0.6 is 0 Å². The van der Waals surface area contributed by atoms with E-state index in [0.717, 1.165) is 31.9 Å². The molecule has 0 fully saturated rings. The highest BCUT2D eigenvalue weighted by atomic mass is 16.5. The zero-order valence-electron chi connectivity index (χ0n) is 6.10. The first-order valence-electron chi connectivity index (χ1n) is 3.66. The van der Waals surface area contributed by atoms with Crippen LogP contribution in [0.3, 0.4) is 0 Å². The van der Waals surface area contributed by atoms with E-state index in [1.807, 2.05) is 0 Å². The molecule has 0 bridgehead atoms. The second kappa shape index (κ2) is 4.30. The average Bonchev–Trinajstić information content (AvgIpc) is 2.41. The monoisotopic (exact) mass is 142 g/mol. The smallest absolute Gasteiger partial charge is 0.106 e. The molecule has 0 aromatic heterocycles. The molecule has 0 spiro atoms. The van der Waals surface area contributed by atoms with Gasteiger partial charge < -0.3 is 15.8 Å². The van der Waals surface area contributed by atoms with Crippen LogP contribution in [0.5, 0.6) is 0 Å². The number of ether oxygens (including phenoxy) is 1. The highest BCUT2D eigenvalue weighted by Crippen LogP contribution is 2.06. The molecule has 1 rings (SSSR count). The lowest BCUT2D eigenvalue weighted by Crippen LogP contribution is -2.24. The van der Waals surface area contributed by atoms with Gasteiger partial charge in [-0.2, -0.15) is 0 Å². The maximum Gasteiger partial charge on any atom is 0.106 e. The third kappa shape index (κ3) is 2.37. The van der Waals surface area contributed by atoms with Crippen molar-refractivity contribution >= 4 is 0 Å². The molecule has 0 saturated heterocycles. The molecule has 1 heterocycles. The first-order valence-corrected chi connectivity index (χ1v) is 3.66. The summed E-state index contributed by atoms with van der Waals surface area (Å²) in [5, 5.41) is 3.16. The molecule has 58 valence electrons. The summed E-state index contributed by atoms with van der Waals surface area (Å²) in [5.41, 5.74) is 5.29. The molecule has 0 aromatic rings. The van der Waals surface area contributed by atoms with E-state index in [1.165, 1.54) is 0 Å². The SMILES string of the molecule is NCCNCC1=CCCO1. The van der Waals surface area contributed by atoms with E-state index in [9.17, 15) is 0 Å². The molecular formula is C7H14N2O. The predicted molar refractivity (Wildman–Crippen MR) is 40.6 cm³/mol. The van der Waals surface area contributed by atoms with Gasteiger partial charge in [-0.05, 0) is 6.08 Å². The zero-order valence-corrected chi connectivity index (χ0v) is 6.10. The van der Waals surface area contributed by atoms with Crippen LogP contribution in [-0.2, 0) is 4.74 Å². The molecule has 1 aliphatic rings. The van der Waals surface area contributed by atoms with Gasteiger partial charge in [0, 0.05) is 19.5 Å². The second-order valence-corrected chi connectivity index (χ2v) is 2.27. The largest absolute Gasteiger partial charge is 0.497 e. The van der Waals surface area contributed by atoms with Crippen LogP contribution in [0.25, 0.3) is 0 Å². The maximum absolute atomic E-state index is 5.29. The van der Waals surface area contributed by atoms with Gasteiger partial charge in [-0.1, -0.05) is 0 Å². The summed E-state index contributed by atoms with van der Waals surface area (Å²) in [4.78, 5) is 0. The van der Waals surface area contributed by atoms with Crippen molar-refractivity contribution in [2.45, 2.75) is 6.42 Å². The molecule has 10 heavy (non-hydrogen) atoms. The molecule has 0 unspecified atom stereocenters. The Labute approximate surface area is 61.2 Å². The Bertz CT molecular complexity index is 123. The molecule has 3 N–H and O–H groups in total. The molecule has 0 atom stereocenters. The van der Waals surface area contributed by atoms with Gasteiger partial charge in [0.15, 0.2) is 0 Å². The van der Waals surface area contributed by atoms with Crippen molar-refractivity contribution in [1.82, 2.24) is 5.32 Å². The summed E-state index contributed by atoms with van der Waals surface area (Å²) in [7, 11) is 0. The van der Waals surface area contributed by atoms with Crippen molar-refractivity contribution in [1.29, 1.82) is 0 Å². The fourth-order valence-corrected chi connectivity index (χ4v) is 0.906. The van der Waals surface area contributed by atoms with Crippen molar-refractivity contribution in [2.75, 3.05) is 26.2 Å². The molecule has 0 radical (unpaired) electrons. The van der Waals surface area contributed by atoms with Gasteiger partial charge in [-0.3, -0.25) is 0 Å². The van der Waals surface area contributed by atoms with E-state index in [-0.39, 0.29) is 0 Å². The van der Waals surface area contributed by atoms with Gasteiger partial charge in [0.1, 0.15) is 5.76 Å². The van der Waals surface area contributed by atoms with Crippen molar-refractivity contribution in [3.63, 3.8) is 0 Å². The molecular weight excluding hydrogens is 128 g/mol. The van der Waals surface area contributed by atoms with Gasteiger partial charge >= 0.3 is 0 Å². The maximum atomic E-state index is 5.29. The Morgan fingerprint density at radius 1 is 1.70 bits per heavy atom. The molecule has 1 aliphatic heterocycles. The first kappa shape index (κ1) is 7.57. The number of rotatable bonds is 4. The zero-order chi connectivity index (χ0) is 7.23. The minimum atomic E-state index is 0.688. The van der Waals surface area contributed by atoms with Crippen LogP contribution in [-0.4, -0.2) is 26.2 Å². The third-order valence-electron chi connectivity index (χ3n) is 1.40. The van der Waals surface area contributed by atoms with Gasteiger partial charge in [0.25, 0.3) is 0 Å². The van der Waals surface area contributed by atoms with Crippen LogP contribution in [0.1, 0.15) is 6.42 Å². The standard InChI is InChI=1S/C7H14N2O/c8-3-4-9-6-7-2-1-5-10-7/h2,9H,1,3-6,8H2. The fourth-order valence-electron chi connectivity index (χ4n) is 0.906. The number of nitrogens with one attached hydrogen (secondary N) is 1. The topological polar surface area (TPSA) is 47.3 Å². The van der Waals surface area contributed by atoms with Crippen LogP contribution in [0, 0.1) is 0 Å². The summed E-state index contributed by atoms with van der Waals surface area (Å²) in [6, 6.07) is 0. The summed E-state index contributed by atoms with van der Waals surface area (Å²) >= 11 is 0. The minimum Gasteiger partial charge on any atom is -0.497 e. The lowest BCUT2D eigenvalue weighted by atomic mass is 10.4. The van der Waals surface area contributed by atoms with Crippen molar-refractivity contribution in [3.05, 3.63) is 11.8 Å². The number of nitrogens with two attached hydrogens (primary N) is 1. The van der Waals surface area contributed by atoms with Gasteiger partial charge in [0.2, 0.25) is 0 Å². The highest BCUT2D eigenvalue weighted by molar-refractivity contribution is 4.99. The minimum absolute atomic E-state index is 0.688.